The van der Waals surface area contributed by atoms with E-state index in [1.165, 1.54) is 0 Å². The van der Waals surface area contributed by atoms with E-state index in [1.54, 1.807) is 0 Å². The first-order chi connectivity index (χ1) is 17.4. The molecule has 208 valence electrons. The lowest BCUT2D eigenvalue weighted by molar-refractivity contribution is -0.140. The van der Waals surface area contributed by atoms with E-state index < -0.39 is 83.2 Å². The summed E-state index contributed by atoms with van der Waals surface area (Å²) in [5, 5.41) is 0.0659. The zero-order chi connectivity index (χ0) is 28.6. The second-order valence-electron chi connectivity index (χ2n) is 9.02. The molecular formula is C25H18Br2ClF9O. The summed E-state index contributed by atoms with van der Waals surface area (Å²) in [4.78, 5) is 12.6. The van der Waals surface area contributed by atoms with Crippen molar-refractivity contribution in [2.24, 2.45) is 5.92 Å². The molecule has 1 saturated carbocycles. The third kappa shape index (κ3) is 7.56. The molecule has 1 atom stereocenters. The molecule has 3 rings (SSSR count). The molecule has 0 heterocycles. The molecule has 0 amide bonds. The number of Topliss-reactive ketones (excluding diaryl/α,β-unsaturated/α-hetero) is 1. The summed E-state index contributed by atoms with van der Waals surface area (Å²) in [7, 11) is 0. The zero-order valence-electron chi connectivity index (χ0n) is 19.1. The summed E-state index contributed by atoms with van der Waals surface area (Å²) in [6.45, 7) is 0. The Hall–Kier alpha value is -1.53. The average molecular weight is 701 g/mol. The van der Waals surface area contributed by atoms with Gasteiger partial charge in [0.1, 0.15) is 11.7 Å². The smallest absolute Gasteiger partial charge is 0.294 e. The van der Waals surface area contributed by atoms with Crippen molar-refractivity contribution >= 4 is 55.1 Å². The Morgan fingerprint density at radius 1 is 1.03 bits per heavy atom. The topological polar surface area (TPSA) is 17.1 Å². The minimum absolute atomic E-state index is 0.0364. The van der Waals surface area contributed by atoms with Gasteiger partial charge in [0.05, 0.1) is 10.6 Å². The van der Waals surface area contributed by atoms with Gasteiger partial charge in [-0.2, -0.15) is 26.3 Å². The predicted molar refractivity (Wildman–Crippen MR) is 132 cm³/mol. The van der Waals surface area contributed by atoms with E-state index in [9.17, 15) is 39.9 Å². The number of rotatable bonds is 6. The first-order valence-electron chi connectivity index (χ1n) is 11.1. The summed E-state index contributed by atoms with van der Waals surface area (Å²) in [6, 6.07) is 3.78. The van der Waals surface area contributed by atoms with Crippen LogP contribution in [0.4, 0.5) is 39.5 Å². The fourth-order valence-electron chi connectivity index (χ4n) is 4.22. The quantitative estimate of drug-likeness (QED) is 0.167. The number of halogens is 12. The van der Waals surface area contributed by atoms with Gasteiger partial charge in [-0.1, -0.05) is 23.7 Å². The molecule has 38 heavy (non-hydrogen) atoms. The molecule has 0 N–H and O–H groups in total. The minimum atomic E-state index is -5.13. The first kappa shape index (κ1) is 31.0. The lowest BCUT2D eigenvalue weighted by atomic mass is 9.82. The summed E-state index contributed by atoms with van der Waals surface area (Å²) >= 11 is 11.9. The lowest BCUT2D eigenvalue weighted by Gasteiger charge is -2.28. The number of benzene rings is 2. The fourth-order valence-corrected chi connectivity index (χ4v) is 5.55. The standard InChI is InChI=1S/C25H18Br2ClF9O/c26-18-9-14(10-19(27)22(18)28)16(24(32,33)34)11-20(29)13-1-2-15(17(8-13)25(35,36)37)21(38)7-12-3-5-23(30,31)6-4-12/h1-2,8-12,16H,3-7H2/b20-11-. The molecule has 0 aromatic heterocycles. The van der Waals surface area contributed by atoms with Crippen LogP contribution in [0.5, 0.6) is 0 Å². The maximum absolute atomic E-state index is 15.0. The Bertz CT molecular complexity index is 1210. The number of hydrogen-bond donors (Lipinski definition) is 0. The van der Waals surface area contributed by atoms with Crippen molar-refractivity contribution in [2.45, 2.75) is 56.3 Å². The van der Waals surface area contributed by atoms with Crippen molar-refractivity contribution in [2.75, 3.05) is 0 Å². The molecule has 2 aromatic carbocycles. The number of hydrogen-bond acceptors (Lipinski definition) is 1. The van der Waals surface area contributed by atoms with Gasteiger partial charge in [-0.15, -0.1) is 0 Å². The fraction of sp³-hybridized carbons (Fsp3) is 0.400. The van der Waals surface area contributed by atoms with Crippen molar-refractivity contribution < 1.29 is 44.3 Å². The number of carbonyl (C=O) groups excluding carboxylic acids is 1. The van der Waals surface area contributed by atoms with Crippen LogP contribution in [-0.4, -0.2) is 17.9 Å². The number of allylic oxidation sites excluding steroid dienone is 1. The van der Waals surface area contributed by atoms with Crippen LogP contribution in [0.25, 0.3) is 5.83 Å². The van der Waals surface area contributed by atoms with Crippen LogP contribution in [0.2, 0.25) is 5.02 Å². The van der Waals surface area contributed by atoms with Crippen LogP contribution in [0.1, 0.15) is 65.1 Å². The van der Waals surface area contributed by atoms with Crippen LogP contribution >= 0.6 is 43.5 Å². The Morgan fingerprint density at radius 2 is 1.58 bits per heavy atom. The van der Waals surface area contributed by atoms with Crippen molar-refractivity contribution in [1.29, 1.82) is 0 Å². The van der Waals surface area contributed by atoms with Crippen molar-refractivity contribution in [3.05, 3.63) is 72.6 Å². The molecule has 0 spiro atoms. The normalized spacial score (nSPS) is 17.9. The molecule has 0 bridgehead atoms. The third-order valence-corrected chi connectivity index (χ3v) is 8.36. The Labute approximate surface area is 233 Å². The molecule has 1 fully saturated rings. The van der Waals surface area contributed by atoms with Crippen molar-refractivity contribution in [1.82, 2.24) is 0 Å². The maximum Gasteiger partial charge on any atom is 0.417 e. The van der Waals surface area contributed by atoms with Gasteiger partial charge in [0, 0.05) is 39.3 Å². The van der Waals surface area contributed by atoms with E-state index in [0.29, 0.717) is 6.07 Å². The van der Waals surface area contributed by atoms with Crippen LogP contribution < -0.4 is 0 Å². The highest BCUT2D eigenvalue weighted by Crippen LogP contribution is 2.43. The van der Waals surface area contributed by atoms with Gasteiger partial charge in [0.15, 0.2) is 5.78 Å². The molecule has 1 unspecified atom stereocenters. The van der Waals surface area contributed by atoms with Gasteiger partial charge in [-0.25, -0.2) is 13.2 Å². The number of alkyl halides is 8. The zero-order valence-corrected chi connectivity index (χ0v) is 23.0. The van der Waals surface area contributed by atoms with E-state index in [0.717, 1.165) is 18.2 Å². The number of carbonyl (C=O) groups is 1. The second kappa shape index (κ2) is 11.5. The molecule has 2 aromatic rings. The highest BCUT2D eigenvalue weighted by molar-refractivity contribution is 9.11. The SMILES string of the molecule is O=C(CC1CCC(F)(F)CC1)c1ccc(/C(F)=C/C(c2cc(Br)c(Cl)c(Br)c2)C(F)(F)F)cc1C(F)(F)F. The monoisotopic (exact) mass is 698 g/mol. The van der Waals surface area contributed by atoms with Gasteiger partial charge in [-0.05, 0) is 80.5 Å². The predicted octanol–water partition coefficient (Wildman–Crippen LogP) is 10.9. The van der Waals surface area contributed by atoms with Crippen LogP contribution in [0.15, 0.2) is 45.4 Å². The van der Waals surface area contributed by atoms with Crippen molar-refractivity contribution in [3.8, 4) is 0 Å². The van der Waals surface area contributed by atoms with E-state index in [4.69, 9.17) is 11.6 Å². The number of ketones is 1. The van der Waals surface area contributed by atoms with Crippen LogP contribution in [-0.2, 0) is 6.18 Å². The summed E-state index contributed by atoms with van der Waals surface area (Å²) in [5.74, 6) is -8.51. The molecule has 13 heteroatoms. The van der Waals surface area contributed by atoms with Gasteiger partial charge in [-0.3, -0.25) is 4.79 Å². The van der Waals surface area contributed by atoms with E-state index in [2.05, 4.69) is 31.9 Å². The van der Waals surface area contributed by atoms with Gasteiger partial charge >= 0.3 is 12.4 Å². The highest BCUT2D eigenvalue weighted by atomic mass is 79.9. The Balaban J connectivity index is 1.96. The molecule has 0 saturated heterocycles. The Kier molecular flexibility index (Phi) is 9.40. The molecule has 0 aliphatic heterocycles. The van der Waals surface area contributed by atoms with Gasteiger partial charge in [0.25, 0.3) is 0 Å². The molecule has 0 radical (unpaired) electrons. The average Bonchev–Trinajstić information content (AvgIpc) is 2.80. The highest BCUT2D eigenvalue weighted by Gasteiger charge is 2.41. The Morgan fingerprint density at radius 3 is 2.08 bits per heavy atom. The molecule has 1 nitrogen and oxygen atoms in total. The summed E-state index contributed by atoms with van der Waals surface area (Å²) < 4.78 is 125. The maximum atomic E-state index is 15.0. The van der Waals surface area contributed by atoms with E-state index in [1.807, 2.05) is 0 Å². The second-order valence-corrected chi connectivity index (χ2v) is 11.1. The van der Waals surface area contributed by atoms with Crippen LogP contribution in [0, 0.1) is 5.92 Å². The van der Waals surface area contributed by atoms with Gasteiger partial charge in [0.2, 0.25) is 5.92 Å². The minimum Gasteiger partial charge on any atom is -0.294 e. The van der Waals surface area contributed by atoms with Crippen LogP contribution in [0.3, 0.4) is 0 Å². The van der Waals surface area contributed by atoms with Gasteiger partial charge < -0.3 is 0 Å². The lowest BCUT2D eigenvalue weighted by Crippen LogP contribution is -2.26. The van der Waals surface area contributed by atoms with E-state index in [-0.39, 0.29) is 39.0 Å². The van der Waals surface area contributed by atoms with E-state index >= 15 is 4.39 Å². The molecule has 1 aliphatic carbocycles. The first-order valence-corrected chi connectivity index (χ1v) is 13.1. The molecular weight excluding hydrogens is 683 g/mol. The largest absolute Gasteiger partial charge is 0.417 e. The summed E-state index contributed by atoms with van der Waals surface area (Å²) in [6.07, 6.45) is -11.4. The molecule has 1 aliphatic rings. The van der Waals surface area contributed by atoms with Crippen molar-refractivity contribution in [3.63, 3.8) is 0 Å². The third-order valence-electron chi connectivity index (χ3n) is 6.24. The summed E-state index contributed by atoms with van der Waals surface area (Å²) in [5.41, 5.74) is -3.57.